The van der Waals surface area contributed by atoms with Crippen molar-refractivity contribution in [2.75, 3.05) is 20.8 Å². The van der Waals surface area contributed by atoms with Gasteiger partial charge in [0.2, 0.25) is 0 Å². The predicted molar refractivity (Wildman–Crippen MR) is 131 cm³/mol. The summed E-state index contributed by atoms with van der Waals surface area (Å²) in [7, 11) is 2.78. The molecule has 0 aliphatic carbocycles. The molecule has 1 atom stereocenters. The van der Waals surface area contributed by atoms with Crippen LogP contribution in [0.2, 0.25) is 0 Å². The Morgan fingerprint density at radius 1 is 0.971 bits per heavy atom. The number of ether oxygens (including phenoxy) is 3. The third-order valence-corrected chi connectivity index (χ3v) is 5.85. The van der Waals surface area contributed by atoms with E-state index in [1.54, 1.807) is 42.5 Å². The van der Waals surface area contributed by atoms with E-state index in [2.05, 4.69) is 0 Å². The minimum atomic E-state index is -0.824. The molecular formula is C28H26O7. The third kappa shape index (κ3) is 5.30. The average Bonchev–Trinajstić information content (AvgIpc) is 2.88. The molecule has 0 amide bonds. The molecule has 4 rings (SSSR count). The number of hydrogen-bond acceptors (Lipinski definition) is 7. The second-order valence-corrected chi connectivity index (χ2v) is 7.98. The van der Waals surface area contributed by atoms with Gasteiger partial charge in [-0.25, -0.2) is 4.79 Å². The minimum Gasteiger partial charge on any atom is -0.507 e. The first-order chi connectivity index (χ1) is 17.0. The molecule has 0 radical (unpaired) electrons. The molecule has 0 aliphatic rings. The highest BCUT2D eigenvalue weighted by Crippen LogP contribution is 2.39. The van der Waals surface area contributed by atoms with E-state index in [9.17, 15) is 14.7 Å². The van der Waals surface area contributed by atoms with Crippen LogP contribution in [0, 0.1) is 0 Å². The Morgan fingerprint density at radius 2 is 1.71 bits per heavy atom. The first kappa shape index (κ1) is 23.9. The quantitative estimate of drug-likeness (QED) is 0.274. The van der Waals surface area contributed by atoms with Crippen LogP contribution >= 0.6 is 0 Å². The molecule has 1 aromatic heterocycles. The Morgan fingerprint density at radius 3 is 2.46 bits per heavy atom. The van der Waals surface area contributed by atoms with Gasteiger partial charge >= 0.3 is 11.6 Å². The Kier molecular flexibility index (Phi) is 7.35. The maximum atomic E-state index is 12.9. The maximum Gasteiger partial charge on any atom is 0.343 e. The largest absolute Gasteiger partial charge is 0.507 e. The third-order valence-electron chi connectivity index (χ3n) is 5.85. The zero-order valence-electron chi connectivity index (χ0n) is 19.5. The summed E-state index contributed by atoms with van der Waals surface area (Å²) in [5, 5.41) is 11.4. The van der Waals surface area contributed by atoms with Gasteiger partial charge in [0.15, 0.2) is 11.5 Å². The summed E-state index contributed by atoms with van der Waals surface area (Å²) < 4.78 is 21.8. The summed E-state index contributed by atoms with van der Waals surface area (Å²) in [4.78, 5) is 25.2. The van der Waals surface area contributed by atoms with Crippen LogP contribution in [-0.4, -0.2) is 31.9 Å². The Hall–Kier alpha value is -4.26. The van der Waals surface area contributed by atoms with Gasteiger partial charge in [-0.1, -0.05) is 48.5 Å². The lowest BCUT2D eigenvalue weighted by Crippen LogP contribution is -2.18. The second kappa shape index (κ2) is 10.8. The number of rotatable bonds is 9. The first-order valence-corrected chi connectivity index (χ1v) is 11.2. The van der Waals surface area contributed by atoms with Crippen LogP contribution in [0.4, 0.5) is 0 Å². The van der Waals surface area contributed by atoms with E-state index >= 15 is 0 Å². The normalized spacial score (nSPS) is 11.7. The highest BCUT2D eigenvalue weighted by Gasteiger charge is 2.28. The summed E-state index contributed by atoms with van der Waals surface area (Å²) in [6, 6.07) is 21.8. The fourth-order valence-electron chi connectivity index (χ4n) is 4.04. The van der Waals surface area contributed by atoms with Crippen LogP contribution in [0.15, 0.2) is 82.0 Å². The van der Waals surface area contributed by atoms with E-state index in [1.165, 1.54) is 14.2 Å². The summed E-state index contributed by atoms with van der Waals surface area (Å²) in [5.41, 5.74) is 1.24. The van der Waals surface area contributed by atoms with E-state index in [4.69, 9.17) is 18.6 Å². The molecule has 7 heteroatoms. The second-order valence-electron chi connectivity index (χ2n) is 7.98. The number of carbonyl (C=O) groups excluding carboxylic acids is 1. The van der Waals surface area contributed by atoms with Crippen LogP contribution < -0.4 is 15.1 Å². The number of esters is 1. The fraction of sp³-hybridized carbons (Fsp3) is 0.214. The predicted octanol–water partition coefficient (Wildman–Crippen LogP) is 4.82. The van der Waals surface area contributed by atoms with Crippen molar-refractivity contribution in [1.29, 1.82) is 0 Å². The van der Waals surface area contributed by atoms with Crippen molar-refractivity contribution in [3.8, 4) is 17.2 Å². The zero-order valence-corrected chi connectivity index (χ0v) is 19.5. The van der Waals surface area contributed by atoms with Gasteiger partial charge in [-0.15, -0.1) is 0 Å². The lowest BCUT2D eigenvalue weighted by atomic mass is 9.88. The molecule has 0 unspecified atom stereocenters. The van der Waals surface area contributed by atoms with Crippen LogP contribution in [0.25, 0.3) is 11.0 Å². The van der Waals surface area contributed by atoms with Gasteiger partial charge in [-0.2, -0.15) is 0 Å². The molecule has 0 spiro atoms. The summed E-state index contributed by atoms with van der Waals surface area (Å²) in [6.07, 6.45) is 0.549. The first-order valence-electron chi connectivity index (χ1n) is 11.2. The molecule has 0 saturated carbocycles. The van der Waals surface area contributed by atoms with E-state index in [0.29, 0.717) is 29.1 Å². The number of fused-ring (bicyclic) bond motifs is 1. The Balaban J connectivity index is 1.69. The van der Waals surface area contributed by atoms with Crippen molar-refractivity contribution in [3.05, 3.63) is 99.9 Å². The zero-order chi connectivity index (χ0) is 24.8. The molecule has 0 bridgehead atoms. The van der Waals surface area contributed by atoms with Crippen LogP contribution in [0.5, 0.6) is 17.2 Å². The summed E-state index contributed by atoms with van der Waals surface area (Å²) in [5.74, 6) is -0.624. The van der Waals surface area contributed by atoms with Gasteiger partial charge in [-0.3, -0.25) is 4.79 Å². The molecule has 3 aromatic carbocycles. The van der Waals surface area contributed by atoms with Crippen molar-refractivity contribution in [3.63, 3.8) is 0 Å². The maximum absolute atomic E-state index is 12.9. The fourth-order valence-corrected chi connectivity index (χ4v) is 4.04. The van der Waals surface area contributed by atoms with Gasteiger partial charge < -0.3 is 23.7 Å². The number of para-hydroxylation sites is 1. The topological polar surface area (TPSA) is 95.2 Å². The van der Waals surface area contributed by atoms with Crippen LogP contribution in [0.3, 0.4) is 0 Å². The van der Waals surface area contributed by atoms with Gasteiger partial charge in [0, 0.05) is 12.3 Å². The van der Waals surface area contributed by atoms with Gasteiger partial charge in [0.25, 0.3) is 0 Å². The van der Waals surface area contributed by atoms with Gasteiger partial charge in [0.05, 0.1) is 38.2 Å². The number of carbonyl (C=O) groups is 1. The monoisotopic (exact) mass is 474 g/mol. The average molecular weight is 475 g/mol. The molecule has 1 N–H and O–H groups in total. The molecule has 0 fully saturated rings. The van der Waals surface area contributed by atoms with Crippen molar-refractivity contribution in [2.45, 2.75) is 18.8 Å². The molecule has 7 nitrogen and oxygen atoms in total. The molecule has 4 aromatic rings. The van der Waals surface area contributed by atoms with Gasteiger partial charge in [0.1, 0.15) is 11.3 Å². The van der Waals surface area contributed by atoms with E-state index in [0.717, 1.165) is 12.0 Å². The molecule has 35 heavy (non-hydrogen) atoms. The van der Waals surface area contributed by atoms with E-state index in [1.807, 2.05) is 30.3 Å². The SMILES string of the molecule is COC(=O)C[C@@H](c1ccc(OCCc2ccccc2)c(OC)c1)c1c(O)c2ccccc2oc1=O. The number of hydrogen-bond donors (Lipinski definition) is 1. The Bertz CT molecular complexity index is 1380. The van der Waals surface area contributed by atoms with E-state index in [-0.39, 0.29) is 23.3 Å². The lowest BCUT2D eigenvalue weighted by molar-refractivity contribution is -0.140. The molecule has 0 aliphatic heterocycles. The summed E-state index contributed by atoms with van der Waals surface area (Å²) >= 11 is 0. The van der Waals surface area contributed by atoms with Crippen molar-refractivity contribution < 1.29 is 28.5 Å². The number of aromatic hydroxyl groups is 1. The van der Waals surface area contributed by atoms with Crippen LogP contribution in [0.1, 0.15) is 29.0 Å². The minimum absolute atomic E-state index is 0.0195. The number of methoxy groups -OCH3 is 2. The molecule has 1 heterocycles. The van der Waals surface area contributed by atoms with Gasteiger partial charge in [-0.05, 0) is 35.4 Å². The van der Waals surface area contributed by atoms with E-state index < -0.39 is 17.5 Å². The lowest BCUT2D eigenvalue weighted by Gasteiger charge is -2.19. The highest BCUT2D eigenvalue weighted by molar-refractivity contribution is 5.84. The van der Waals surface area contributed by atoms with Crippen molar-refractivity contribution in [2.24, 2.45) is 0 Å². The summed E-state index contributed by atoms with van der Waals surface area (Å²) in [6.45, 7) is 0.445. The van der Waals surface area contributed by atoms with Crippen molar-refractivity contribution >= 4 is 16.9 Å². The number of benzene rings is 3. The smallest absolute Gasteiger partial charge is 0.343 e. The highest BCUT2D eigenvalue weighted by atomic mass is 16.5. The molecule has 180 valence electrons. The standard InChI is InChI=1S/C28H26O7/c1-32-24-16-19(12-13-23(24)34-15-14-18-8-4-3-5-9-18)21(17-25(29)33-2)26-27(30)20-10-6-7-11-22(20)35-28(26)31/h3-13,16,21,30H,14-15,17H2,1-2H3/t21-/m0/s1. The Labute approximate surface area is 202 Å². The van der Waals surface area contributed by atoms with Crippen molar-refractivity contribution in [1.82, 2.24) is 0 Å². The molecule has 0 saturated heterocycles. The van der Waals surface area contributed by atoms with Crippen LogP contribution in [-0.2, 0) is 16.0 Å². The molecular weight excluding hydrogens is 448 g/mol.